The van der Waals surface area contributed by atoms with Gasteiger partial charge in [-0.25, -0.2) is 0 Å². The highest BCUT2D eigenvalue weighted by Gasteiger charge is 2.43. The number of piperidine rings is 1. The van der Waals surface area contributed by atoms with Gasteiger partial charge in [-0.1, -0.05) is 6.92 Å². The molecule has 0 aliphatic carbocycles. The lowest BCUT2D eigenvalue weighted by molar-refractivity contribution is -0.157. The van der Waals surface area contributed by atoms with E-state index in [2.05, 4.69) is 6.92 Å². The van der Waals surface area contributed by atoms with Crippen LogP contribution < -0.4 is 5.73 Å². The fourth-order valence-corrected chi connectivity index (χ4v) is 3.31. The minimum atomic E-state index is -4.44. The van der Waals surface area contributed by atoms with E-state index in [0.29, 0.717) is 19.0 Å². The molecule has 2 aliphatic heterocycles. The van der Waals surface area contributed by atoms with E-state index in [0.717, 1.165) is 17.7 Å². The van der Waals surface area contributed by atoms with Gasteiger partial charge in [0.25, 0.3) is 0 Å². The molecule has 8 heteroatoms. The van der Waals surface area contributed by atoms with Crippen LogP contribution in [0.3, 0.4) is 0 Å². The summed E-state index contributed by atoms with van der Waals surface area (Å²) in [6, 6.07) is -0.0805. The summed E-state index contributed by atoms with van der Waals surface area (Å²) >= 11 is 0. The van der Waals surface area contributed by atoms with E-state index >= 15 is 0 Å². The molecule has 3 atom stereocenters. The van der Waals surface area contributed by atoms with Gasteiger partial charge >= 0.3 is 6.18 Å². The number of carbonyl (C=O) groups excluding carboxylic acids is 2. The van der Waals surface area contributed by atoms with Crippen LogP contribution in [0.4, 0.5) is 13.2 Å². The van der Waals surface area contributed by atoms with Gasteiger partial charge in [-0.05, 0) is 18.8 Å². The van der Waals surface area contributed by atoms with E-state index in [-0.39, 0.29) is 24.9 Å². The zero-order valence-electron chi connectivity index (χ0n) is 12.6. The van der Waals surface area contributed by atoms with Crippen molar-refractivity contribution >= 4 is 11.8 Å². The quantitative estimate of drug-likeness (QED) is 0.843. The molecule has 0 aromatic rings. The number of hydrogen-bond acceptors (Lipinski definition) is 3. The maximum absolute atomic E-state index is 12.5. The van der Waals surface area contributed by atoms with Crippen molar-refractivity contribution in [1.82, 2.24) is 9.80 Å². The number of nitrogens with two attached hydrogens (primary N) is 1. The molecule has 0 spiro atoms. The van der Waals surface area contributed by atoms with Gasteiger partial charge in [-0.3, -0.25) is 9.59 Å². The van der Waals surface area contributed by atoms with Crippen molar-refractivity contribution in [1.29, 1.82) is 0 Å². The summed E-state index contributed by atoms with van der Waals surface area (Å²) < 4.78 is 37.3. The number of amides is 2. The van der Waals surface area contributed by atoms with Crippen LogP contribution in [-0.2, 0) is 9.59 Å². The van der Waals surface area contributed by atoms with Crippen LogP contribution >= 0.6 is 0 Å². The lowest BCUT2D eigenvalue weighted by atomic mass is 9.91. The molecule has 2 amide bonds. The molecule has 2 rings (SSSR count). The minimum absolute atomic E-state index is 0.0805. The zero-order chi connectivity index (χ0) is 16.5. The molecule has 0 bridgehead atoms. The van der Waals surface area contributed by atoms with Crippen LogP contribution in [0, 0.1) is 11.8 Å². The number of nitrogens with zero attached hydrogens (tertiary/aromatic N) is 2. The molecule has 0 aromatic carbocycles. The third-order valence-corrected chi connectivity index (χ3v) is 4.47. The molecule has 0 radical (unpaired) electrons. The van der Waals surface area contributed by atoms with Gasteiger partial charge in [0.2, 0.25) is 11.8 Å². The van der Waals surface area contributed by atoms with E-state index in [9.17, 15) is 22.8 Å². The fraction of sp³-hybridized carbons (Fsp3) is 0.857. The van der Waals surface area contributed by atoms with Crippen LogP contribution in [0.2, 0.25) is 0 Å². The molecule has 2 N–H and O–H groups in total. The molecule has 0 saturated carbocycles. The Balaban J connectivity index is 2.00. The van der Waals surface area contributed by atoms with E-state index in [4.69, 9.17) is 5.73 Å². The number of alkyl halides is 3. The highest BCUT2D eigenvalue weighted by Crippen LogP contribution is 2.28. The summed E-state index contributed by atoms with van der Waals surface area (Å²) in [7, 11) is 0. The lowest BCUT2D eigenvalue weighted by Crippen LogP contribution is -2.51. The van der Waals surface area contributed by atoms with E-state index in [1.807, 2.05) is 0 Å². The Morgan fingerprint density at radius 1 is 1.41 bits per heavy atom. The van der Waals surface area contributed by atoms with Gasteiger partial charge in [0, 0.05) is 32.1 Å². The van der Waals surface area contributed by atoms with Crippen molar-refractivity contribution in [3.63, 3.8) is 0 Å². The maximum atomic E-state index is 12.5. The van der Waals surface area contributed by atoms with Crippen LogP contribution in [0.25, 0.3) is 0 Å². The van der Waals surface area contributed by atoms with Crippen molar-refractivity contribution in [2.24, 2.45) is 17.6 Å². The smallest absolute Gasteiger partial charge is 0.338 e. The Hall–Kier alpha value is -1.31. The van der Waals surface area contributed by atoms with Crippen LogP contribution in [0.15, 0.2) is 0 Å². The largest absolute Gasteiger partial charge is 0.406 e. The minimum Gasteiger partial charge on any atom is -0.338 e. The van der Waals surface area contributed by atoms with Crippen LogP contribution in [0.5, 0.6) is 0 Å². The first kappa shape index (κ1) is 17.1. The van der Waals surface area contributed by atoms with E-state index in [1.54, 1.807) is 4.90 Å². The second kappa shape index (κ2) is 6.44. The topological polar surface area (TPSA) is 66.6 Å². The summed E-state index contributed by atoms with van der Waals surface area (Å²) in [6.45, 7) is 1.55. The number of hydrogen-bond donors (Lipinski definition) is 1. The molecule has 126 valence electrons. The molecular formula is C14H22F3N3O2. The van der Waals surface area contributed by atoms with Gasteiger partial charge in [0.05, 0.1) is 5.92 Å². The Morgan fingerprint density at radius 3 is 2.68 bits per heavy atom. The summed E-state index contributed by atoms with van der Waals surface area (Å²) in [5.41, 5.74) is 5.71. The summed E-state index contributed by atoms with van der Waals surface area (Å²) in [4.78, 5) is 26.6. The predicted octanol–water partition coefficient (Wildman–Crippen LogP) is 0.983. The average Bonchev–Trinajstić information content (AvgIpc) is 2.77. The molecule has 2 saturated heterocycles. The highest BCUT2D eigenvalue weighted by molar-refractivity contribution is 5.89. The number of carbonyl (C=O) groups is 2. The first-order chi connectivity index (χ1) is 10.2. The van der Waals surface area contributed by atoms with E-state index < -0.39 is 24.5 Å². The SMILES string of the molecule is CC1CCN(C(=O)C2CC(=O)N(CC(F)(F)F)C2)C(CN)C1. The van der Waals surface area contributed by atoms with Crippen LogP contribution in [0.1, 0.15) is 26.2 Å². The van der Waals surface area contributed by atoms with Crippen molar-refractivity contribution in [3.8, 4) is 0 Å². The van der Waals surface area contributed by atoms with Gasteiger partial charge in [-0.15, -0.1) is 0 Å². The Labute approximate surface area is 127 Å². The van der Waals surface area contributed by atoms with Gasteiger partial charge in [0.15, 0.2) is 0 Å². The summed E-state index contributed by atoms with van der Waals surface area (Å²) in [5, 5.41) is 0. The summed E-state index contributed by atoms with van der Waals surface area (Å²) in [5.74, 6) is -1.05. The Bertz CT molecular complexity index is 442. The zero-order valence-corrected chi connectivity index (χ0v) is 12.6. The van der Waals surface area contributed by atoms with Gasteiger partial charge < -0.3 is 15.5 Å². The molecule has 2 heterocycles. The third-order valence-electron chi connectivity index (χ3n) is 4.47. The molecule has 5 nitrogen and oxygen atoms in total. The Morgan fingerprint density at radius 2 is 2.09 bits per heavy atom. The lowest BCUT2D eigenvalue weighted by Gasteiger charge is -2.39. The highest BCUT2D eigenvalue weighted by atomic mass is 19.4. The number of rotatable bonds is 3. The number of likely N-dealkylation sites (tertiary alicyclic amines) is 2. The van der Waals surface area contributed by atoms with Gasteiger partial charge in [-0.2, -0.15) is 13.2 Å². The first-order valence-corrected chi connectivity index (χ1v) is 7.56. The number of halogens is 3. The normalized spacial score (nSPS) is 30.0. The van der Waals surface area contributed by atoms with Crippen molar-refractivity contribution in [2.75, 3.05) is 26.2 Å². The predicted molar refractivity (Wildman–Crippen MR) is 73.7 cm³/mol. The second-order valence-corrected chi connectivity index (χ2v) is 6.34. The maximum Gasteiger partial charge on any atom is 0.406 e. The first-order valence-electron chi connectivity index (χ1n) is 7.56. The van der Waals surface area contributed by atoms with Crippen LogP contribution in [-0.4, -0.2) is 60.0 Å². The van der Waals surface area contributed by atoms with Crippen molar-refractivity contribution in [3.05, 3.63) is 0 Å². The fourth-order valence-electron chi connectivity index (χ4n) is 3.31. The molecular weight excluding hydrogens is 299 g/mol. The van der Waals surface area contributed by atoms with E-state index in [1.165, 1.54) is 0 Å². The standard InChI is InChI=1S/C14H22F3N3O2/c1-9-2-3-20(11(4-9)6-18)13(22)10-5-12(21)19(7-10)8-14(15,16)17/h9-11H,2-8,18H2,1H3. The third kappa shape index (κ3) is 3.91. The molecule has 2 aliphatic rings. The monoisotopic (exact) mass is 321 g/mol. The van der Waals surface area contributed by atoms with Crippen molar-refractivity contribution in [2.45, 2.75) is 38.4 Å². The molecule has 22 heavy (non-hydrogen) atoms. The molecule has 0 aromatic heterocycles. The Kier molecular flexibility index (Phi) is 4.99. The molecule has 2 fully saturated rings. The van der Waals surface area contributed by atoms with Crippen molar-refractivity contribution < 1.29 is 22.8 Å². The second-order valence-electron chi connectivity index (χ2n) is 6.34. The molecule has 3 unspecified atom stereocenters. The summed E-state index contributed by atoms with van der Waals surface area (Å²) in [6.07, 6.45) is -2.92. The van der Waals surface area contributed by atoms with Gasteiger partial charge in [0.1, 0.15) is 6.54 Å². The average molecular weight is 321 g/mol.